The maximum atomic E-state index is 10.3. The first kappa shape index (κ1) is 14.5. The Morgan fingerprint density at radius 1 is 1.44 bits per heavy atom. The van der Waals surface area contributed by atoms with Crippen molar-refractivity contribution in [2.24, 2.45) is 16.5 Å². The van der Waals surface area contributed by atoms with E-state index >= 15 is 0 Å². The molecule has 0 spiro atoms. The normalized spacial score (nSPS) is 13.2. The van der Waals surface area contributed by atoms with E-state index in [1.165, 1.54) is 0 Å². The average Bonchev–Trinajstić information content (AvgIpc) is 2.16. The third-order valence-corrected chi connectivity index (χ3v) is 2.24. The van der Waals surface area contributed by atoms with Crippen LogP contribution in [0.1, 0.15) is 6.42 Å². The first-order valence-electron chi connectivity index (χ1n) is 4.31. The van der Waals surface area contributed by atoms with Gasteiger partial charge in [0.2, 0.25) is 0 Å². The molecule has 16 heavy (non-hydrogen) atoms. The van der Waals surface area contributed by atoms with Gasteiger partial charge in [-0.15, -0.1) is 0 Å². The van der Waals surface area contributed by atoms with Crippen LogP contribution < -0.4 is 16.2 Å². The van der Waals surface area contributed by atoms with E-state index in [-0.39, 0.29) is 24.7 Å². The summed E-state index contributed by atoms with van der Waals surface area (Å²) in [6, 6.07) is -0.982. The minimum atomic E-state index is -1.10. The molecule has 0 aliphatic carbocycles. The summed E-state index contributed by atoms with van der Waals surface area (Å²) in [4.78, 5) is 24.2. The van der Waals surface area contributed by atoms with Crippen LogP contribution in [0.3, 0.4) is 0 Å². The fourth-order valence-corrected chi connectivity index (χ4v) is 1.20. The maximum Gasteiger partial charge on any atom is 0.321 e. The number of aliphatic imine (C=N–C) groups is 1. The summed E-state index contributed by atoms with van der Waals surface area (Å²) in [5.41, 5.74) is 10.6. The third kappa shape index (κ3) is 7.88. The predicted molar refractivity (Wildman–Crippen MR) is 59.9 cm³/mol. The molecule has 1 unspecified atom stereocenters. The molecule has 0 fully saturated rings. The van der Waals surface area contributed by atoms with Crippen LogP contribution in [0.4, 0.5) is 0 Å². The van der Waals surface area contributed by atoms with Crippen LogP contribution in [-0.2, 0) is 9.59 Å². The smallest absolute Gasteiger partial charge is 0.321 e. The van der Waals surface area contributed by atoms with Crippen molar-refractivity contribution < 1.29 is 19.8 Å². The molecule has 0 aromatic heterocycles. The van der Waals surface area contributed by atoms with Crippen molar-refractivity contribution in [1.29, 1.82) is 0 Å². The van der Waals surface area contributed by atoms with E-state index < -0.39 is 18.0 Å². The minimum Gasteiger partial charge on any atom is -0.481 e. The molecule has 1 atom stereocenters. The topological polar surface area (TPSA) is 151 Å². The molecular formula is C7H14N4O4S. The van der Waals surface area contributed by atoms with Crippen molar-refractivity contribution in [2.75, 3.05) is 12.3 Å². The van der Waals surface area contributed by atoms with Crippen molar-refractivity contribution in [3.05, 3.63) is 0 Å². The second kappa shape index (κ2) is 7.77. The largest absolute Gasteiger partial charge is 0.481 e. The summed E-state index contributed by atoms with van der Waals surface area (Å²) in [6.07, 6.45) is -0.109. The molecule has 0 aromatic rings. The average molecular weight is 250 g/mol. The van der Waals surface area contributed by atoms with Gasteiger partial charge in [-0.1, -0.05) is 0 Å². The molecule has 0 saturated carbocycles. The number of nitrogens with zero attached hydrogens (tertiary/aromatic N) is 1. The predicted octanol–water partition coefficient (Wildman–Crippen LogP) is -1.57. The molecule has 0 radical (unpaired) electrons. The van der Waals surface area contributed by atoms with Gasteiger partial charge in [0.25, 0.3) is 0 Å². The van der Waals surface area contributed by atoms with E-state index in [0.29, 0.717) is 0 Å². The zero-order valence-electron chi connectivity index (χ0n) is 8.42. The van der Waals surface area contributed by atoms with Gasteiger partial charge < -0.3 is 26.4 Å². The molecule has 0 amide bonds. The number of hydrogen-bond donors (Lipinski definition) is 5. The van der Waals surface area contributed by atoms with Crippen LogP contribution in [0, 0.1) is 0 Å². The summed E-state index contributed by atoms with van der Waals surface area (Å²) < 4.78 is 2.55. The zero-order valence-corrected chi connectivity index (χ0v) is 9.24. The number of carbonyl (C=O) groups is 2. The lowest BCUT2D eigenvalue weighted by molar-refractivity contribution is -0.138. The summed E-state index contributed by atoms with van der Waals surface area (Å²) in [6.45, 7) is 0.0692. The zero-order chi connectivity index (χ0) is 12.6. The first-order chi connectivity index (χ1) is 7.43. The number of rotatable bonds is 7. The lowest BCUT2D eigenvalue weighted by Gasteiger charge is -2.07. The van der Waals surface area contributed by atoms with Gasteiger partial charge in [-0.05, 0) is 11.9 Å². The number of aliphatic carboxylic acids is 2. The van der Waals surface area contributed by atoms with Gasteiger partial charge in [-0.2, -0.15) is 0 Å². The Morgan fingerprint density at radius 3 is 2.56 bits per heavy atom. The van der Waals surface area contributed by atoms with Gasteiger partial charge in [-0.25, -0.2) is 0 Å². The van der Waals surface area contributed by atoms with Gasteiger partial charge in [0.1, 0.15) is 6.04 Å². The Hall–Kier alpha value is -1.48. The number of carboxylic acid groups (broad SMARTS) is 2. The molecule has 0 aromatic carbocycles. The van der Waals surface area contributed by atoms with Crippen molar-refractivity contribution in [3.8, 4) is 0 Å². The lowest BCUT2D eigenvalue weighted by Crippen LogP contribution is -2.35. The lowest BCUT2D eigenvalue weighted by atomic mass is 10.4. The molecule has 92 valence electrons. The monoisotopic (exact) mass is 250 g/mol. The van der Waals surface area contributed by atoms with Crippen molar-refractivity contribution in [1.82, 2.24) is 4.72 Å². The fraction of sp³-hybridized carbons (Fsp3) is 0.571. The molecule has 0 saturated heterocycles. The van der Waals surface area contributed by atoms with Gasteiger partial charge in [0.15, 0.2) is 5.96 Å². The number of guanidine groups is 1. The maximum absolute atomic E-state index is 10.3. The van der Waals surface area contributed by atoms with E-state index in [0.717, 1.165) is 11.9 Å². The highest BCUT2D eigenvalue weighted by Crippen LogP contribution is 1.95. The number of carboxylic acids is 2. The van der Waals surface area contributed by atoms with Crippen molar-refractivity contribution in [3.63, 3.8) is 0 Å². The fourth-order valence-electron chi connectivity index (χ4n) is 0.581. The summed E-state index contributed by atoms with van der Waals surface area (Å²) >= 11 is 0.998. The molecule has 0 aliphatic rings. The molecule has 0 heterocycles. The van der Waals surface area contributed by atoms with Gasteiger partial charge in [-0.3, -0.25) is 14.6 Å². The second-order valence-electron chi connectivity index (χ2n) is 2.77. The minimum absolute atomic E-state index is 0.0452. The molecule has 0 bridgehead atoms. The molecule has 8 nitrogen and oxygen atoms in total. The van der Waals surface area contributed by atoms with E-state index in [1.807, 2.05) is 0 Å². The quantitative estimate of drug-likeness (QED) is 0.206. The molecule has 7 N–H and O–H groups in total. The molecule has 9 heteroatoms. The van der Waals surface area contributed by atoms with Crippen molar-refractivity contribution >= 4 is 29.8 Å². The SMILES string of the molecule is NC(=NCCC(=O)O)NSCC(N)C(=O)O. The van der Waals surface area contributed by atoms with Crippen LogP contribution in [0.5, 0.6) is 0 Å². The molecule has 0 aliphatic heterocycles. The Labute approximate surface area is 96.2 Å². The Bertz CT molecular complexity index is 284. The number of hydrogen-bond acceptors (Lipinski definition) is 5. The standard InChI is InChI=1S/C7H14N4O4S/c8-4(6(14)15)3-16-11-7(9)10-2-1-5(12)13/h4H,1-3,8H2,(H,12,13)(H,14,15)(H3,9,10,11). The highest BCUT2D eigenvalue weighted by atomic mass is 32.2. The van der Waals surface area contributed by atoms with E-state index in [2.05, 4.69) is 9.71 Å². The second-order valence-corrected chi connectivity index (χ2v) is 3.59. The van der Waals surface area contributed by atoms with E-state index in [4.69, 9.17) is 21.7 Å². The summed E-state index contributed by atoms with van der Waals surface area (Å²) in [5, 5.41) is 16.8. The highest BCUT2D eigenvalue weighted by Gasteiger charge is 2.10. The Balaban J connectivity index is 3.68. The van der Waals surface area contributed by atoms with Crippen LogP contribution in [-0.4, -0.2) is 46.5 Å². The van der Waals surface area contributed by atoms with Gasteiger partial charge in [0.05, 0.1) is 13.0 Å². The summed E-state index contributed by atoms with van der Waals surface area (Å²) in [5.74, 6) is -1.89. The van der Waals surface area contributed by atoms with E-state index in [9.17, 15) is 9.59 Å². The van der Waals surface area contributed by atoms with Crippen LogP contribution >= 0.6 is 11.9 Å². The van der Waals surface area contributed by atoms with Crippen LogP contribution in [0.15, 0.2) is 4.99 Å². The van der Waals surface area contributed by atoms with Gasteiger partial charge >= 0.3 is 11.9 Å². The number of nitrogens with two attached hydrogens (primary N) is 2. The first-order valence-corrected chi connectivity index (χ1v) is 5.30. The van der Waals surface area contributed by atoms with Crippen LogP contribution in [0.2, 0.25) is 0 Å². The molecular weight excluding hydrogens is 236 g/mol. The Kier molecular flexibility index (Phi) is 7.05. The highest BCUT2D eigenvalue weighted by molar-refractivity contribution is 7.98. The Morgan fingerprint density at radius 2 is 2.06 bits per heavy atom. The van der Waals surface area contributed by atoms with Gasteiger partial charge in [0, 0.05) is 5.75 Å². The summed E-state index contributed by atoms with van der Waals surface area (Å²) in [7, 11) is 0. The van der Waals surface area contributed by atoms with Crippen molar-refractivity contribution in [2.45, 2.75) is 12.5 Å². The third-order valence-electron chi connectivity index (χ3n) is 1.36. The molecule has 0 rings (SSSR count). The van der Waals surface area contributed by atoms with Crippen LogP contribution in [0.25, 0.3) is 0 Å². The number of nitrogens with one attached hydrogen (secondary N) is 1. The van der Waals surface area contributed by atoms with E-state index in [1.54, 1.807) is 0 Å².